The lowest BCUT2D eigenvalue weighted by atomic mass is 10.1. The number of ether oxygens (including phenoxy) is 4. The van der Waals surface area contributed by atoms with Gasteiger partial charge in [0.1, 0.15) is 0 Å². The maximum absolute atomic E-state index is 12.8. The summed E-state index contributed by atoms with van der Waals surface area (Å²) in [4.78, 5) is 12.8. The van der Waals surface area contributed by atoms with E-state index < -0.39 is 0 Å². The third-order valence-corrected chi connectivity index (χ3v) is 5.12. The molecule has 0 radical (unpaired) electrons. The summed E-state index contributed by atoms with van der Waals surface area (Å²) in [6.07, 6.45) is 2.32. The number of nitrogens with zero attached hydrogens (tertiary/aromatic N) is 2. The number of benzene rings is 1. The average Bonchev–Trinajstić information content (AvgIpc) is 3.41. The van der Waals surface area contributed by atoms with Crippen LogP contribution in [0, 0.1) is 0 Å². The lowest BCUT2D eigenvalue weighted by molar-refractivity contribution is 0.102. The first-order chi connectivity index (χ1) is 14.6. The molecule has 164 valence electrons. The molecule has 1 aromatic heterocycles. The van der Waals surface area contributed by atoms with E-state index in [2.05, 4.69) is 20.8 Å². The Morgan fingerprint density at radius 1 is 1.10 bits per heavy atom. The van der Waals surface area contributed by atoms with Gasteiger partial charge in [-0.2, -0.15) is 0 Å². The highest BCUT2D eigenvalue weighted by molar-refractivity contribution is 7.19. The highest BCUT2D eigenvalue weighted by atomic mass is 32.1. The molecule has 9 nitrogen and oxygen atoms in total. The van der Waals surface area contributed by atoms with E-state index in [9.17, 15) is 4.79 Å². The fourth-order valence-electron chi connectivity index (χ4n) is 3.04. The Kier molecular flexibility index (Phi) is 8.09. The largest absolute Gasteiger partial charge is 0.490 e. The molecule has 2 heterocycles. The van der Waals surface area contributed by atoms with E-state index in [1.54, 1.807) is 12.1 Å². The summed E-state index contributed by atoms with van der Waals surface area (Å²) in [6, 6.07) is 3.29. The van der Waals surface area contributed by atoms with Crippen molar-refractivity contribution in [1.82, 2.24) is 10.2 Å². The summed E-state index contributed by atoms with van der Waals surface area (Å²) < 4.78 is 22.6. The SMILES string of the molecule is CCOc1cc(C(=O)Nc2nnc(NCC3CCCO3)s2)cc(OCC)c1OCC. The molecule has 1 aromatic carbocycles. The molecule has 1 amide bonds. The molecule has 0 saturated carbocycles. The van der Waals surface area contributed by atoms with Crippen LogP contribution in [0.3, 0.4) is 0 Å². The number of carbonyl (C=O) groups excluding carboxylic acids is 1. The van der Waals surface area contributed by atoms with Gasteiger partial charge >= 0.3 is 0 Å². The van der Waals surface area contributed by atoms with Crippen LogP contribution in [-0.4, -0.2) is 55.2 Å². The van der Waals surface area contributed by atoms with E-state index >= 15 is 0 Å². The number of rotatable bonds is 11. The minimum Gasteiger partial charge on any atom is -0.490 e. The van der Waals surface area contributed by atoms with E-state index in [1.807, 2.05) is 20.8 Å². The first-order valence-corrected chi connectivity index (χ1v) is 11.0. The third-order valence-electron chi connectivity index (χ3n) is 4.32. The maximum Gasteiger partial charge on any atom is 0.257 e. The van der Waals surface area contributed by atoms with Gasteiger partial charge in [0.15, 0.2) is 11.5 Å². The summed E-state index contributed by atoms with van der Waals surface area (Å²) >= 11 is 1.27. The van der Waals surface area contributed by atoms with E-state index in [4.69, 9.17) is 18.9 Å². The molecule has 1 unspecified atom stereocenters. The van der Waals surface area contributed by atoms with Gasteiger partial charge in [-0.3, -0.25) is 10.1 Å². The van der Waals surface area contributed by atoms with Gasteiger partial charge < -0.3 is 24.3 Å². The van der Waals surface area contributed by atoms with Crippen LogP contribution in [0.25, 0.3) is 0 Å². The van der Waals surface area contributed by atoms with Crippen molar-refractivity contribution < 1.29 is 23.7 Å². The lowest BCUT2D eigenvalue weighted by Crippen LogP contribution is -2.18. The summed E-state index contributed by atoms with van der Waals surface area (Å²) in [5, 5.41) is 15.1. The molecule has 2 aromatic rings. The third kappa shape index (κ3) is 5.73. The average molecular weight is 437 g/mol. The first kappa shape index (κ1) is 22.1. The highest BCUT2D eigenvalue weighted by Crippen LogP contribution is 2.39. The number of nitrogens with one attached hydrogen (secondary N) is 2. The van der Waals surface area contributed by atoms with Crippen LogP contribution in [-0.2, 0) is 4.74 Å². The van der Waals surface area contributed by atoms with Crippen molar-refractivity contribution in [1.29, 1.82) is 0 Å². The van der Waals surface area contributed by atoms with Crippen LogP contribution in [0.1, 0.15) is 44.0 Å². The van der Waals surface area contributed by atoms with Crippen LogP contribution in [0.5, 0.6) is 17.2 Å². The molecule has 1 aliphatic rings. The van der Waals surface area contributed by atoms with Gasteiger partial charge in [0.25, 0.3) is 5.91 Å². The second kappa shape index (κ2) is 11.0. The van der Waals surface area contributed by atoms with Crippen LogP contribution in [0.2, 0.25) is 0 Å². The maximum atomic E-state index is 12.8. The molecule has 2 N–H and O–H groups in total. The van der Waals surface area contributed by atoms with Crippen LogP contribution in [0.4, 0.5) is 10.3 Å². The zero-order valence-electron chi connectivity index (χ0n) is 17.5. The predicted octanol–water partition coefficient (Wildman–Crippen LogP) is 3.58. The Hall–Kier alpha value is -2.59. The molecular formula is C20H28N4O5S. The molecule has 1 atom stereocenters. The standard InChI is InChI=1S/C20H28N4O5S/c1-4-26-15-10-13(11-16(27-5-2)17(15)28-6-3)18(25)22-20-24-23-19(30-20)21-12-14-8-7-9-29-14/h10-11,14H,4-9,12H2,1-3H3,(H,21,23)(H,22,24,25). The zero-order chi connectivity index (χ0) is 21.3. The van der Waals surface area contributed by atoms with E-state index in [-0.39, 0.29) is 12.0 Å². The van der Waals surface area contributed by atoms with Gasteiger partial charge in [0, 0.05) is 18.7 Å². The number of carbonyl (C=O) groups is 1. The fraction of sp³-hybridized carbons (Fsp3) is 0.550. The Labute approximate surface area is 180 Å². The van der Waals surface area contributed by atoms with Crippen molar-refractivity contribution in [2.75, 3.05) is 43.6 Å². The summed E-state index contributed by atoms with van der Waals surface area (Å²) in [5.41, 5.74) is 0.384. The van der Waals surface area contributed by atoms with Crippen molar-refractivity contribution in [3.8, 4) is 17.2 Å². The van der Waals surface area contributed by atoms with Gasteiger partial charge in [0.05, 0.1) is 25.9 Å². The normalized spacial score (nSPS) is 15.6. The lowest BCUT2D eigenvalue weighted by Gasteiger charge is -2.16. The predicted molar refractivity (Wildman–Crippen MR) is 115 cm³/mol. The molecular weight excluding hydrogens is 408 g/mol. The first-order valence-electron chi connectivity index (χ1n) is 10.2. The molecule has 1 fully saturated rings. The van der Waals surface area contributed by atoms with Gasteiger partial charge in [-0.25, -0.2) is 0 Å². The van der Waals surface area contributed by atoms with E-state index in [0.29, 0.717) is 59.4 Å². The van der Waals surface area contributed by atoms with Crippen molar-refractivity contribution in [2.24, 2.45) is 0 Å². The molecule has 10 heteroatoms. The van der Waals surface area contributed by atoms with E-state index in [1.165, 1.54) is 11.3 Å². The van der Waals surface area contributed by atoms with Crippen molar-refractivity contribution in [3.63, 3.8) is 0 Å². The monoisotopic (exact) mass is 436 g/mol. The van der Waals surface area contributed by atoms with Crippen LogP contribution >= 0.6 is 11.3 Å². The smallest absolute Gasteiger partial charge is 0.257 e. The van der Waals surface area contributed by atoms with E-state index in [0.717, 1.165) is 19.4 Å². The highest BCUT2D eigenvalue weighted by Gasteiger charge is 2.20. The van der Waals surface area contributed by atoms with Crippen molar-refractivity contribution in [3.05, 3.63) is 17.7 Å². The van der Waals surface area contributed by atoms with Gasteiger partial charge in [-0.1, -0.05) is 11.3 Å². The molecule has 0 spiro atoms. The fourth-order valence-corrected chi connectivity index (χ4v) is 3.69. The minimum atomic E-state index is -0.332. The van der Waals surface area contributed by atoms with Crippen LogP contribution < -0.4 is 24.8 Å². The number of hydrogen-bond donors (Lipinski definition) is 2. The Balaban J connectivity index is 1.70. The summed E-state index contributed by atoms with van der Waals surface area (Å²) in [7, 11) is 0. The topological polar surface area (TPSA) is 104 Å². The minimum absolute atomic E-state index is 0.199. The Morgan fingerprint density at radius 2 is 1.77 bits per heavy atom. The van der Waals surface area contributed by atoms with Crippen LogP contribution in [0.15, 0.2) is 12.1 Å². The number of anilines is 2. The van der Waals surface area contributed by atoms with Gasteiger partial charge in [-0.05, 0) is 45.7 Å². The quantitative estimate of drug-likeness (QED) is 0.551. The number of hydrogen-bond acceptors (Lipinski definition) is 9. The molecule has 0 aliphatic carbocycles. The molecule has 1 aliphatic heterocycles. The van der Waals surface area contributed by atoms with Gasteiger partial charge in [-0.15, -0.1) is 10.2 Å². The Morgan fingerprint density at radius 3 is 2.37 bits per heavy atom. The molecule has 1 saturated heterocycles. The molecule has 30 heavy (non-hydrogen) atoms. The Bertz CT molecular complexity index is 811. The summed E-state index contributed by atoms with van der Waals surface area (Å²) in [6.45, 7) is 8.44. The van der Waals surface area contributed by atoms with Crippen molar-refractivity contribution in [2.45, 2.75) is 39.7 Å². The zero-order valence-corrected chi connectivity index (χ0v) is 18.3. The number of amides is 1. The second-order valence-electron chi connectivity index (χ2n) is 6.48. The van der Waals surface area contributed by atoms with Gasteiger partial charge in [0.2, 0.25) is 16.0 Å². The molecule has 3 rings (SSSR count). The number of aromatic nitrogens is 2. The molecule has 0 bridgehead atoms. The summed E-state index contributed by atoms with van der Waals surface area (Å²) in [5.74, 6) is 1.09. The second-order valence-corrected chi connectivity index (χ2v) is 7.46. The van der Waals surface area contributed by atoms with Crippen molar-refractivity contribution >= 4 is 27.5 Å².